The molecule has 26 heavy (non-hydrogen) atoms. The van der Waals surface area contributed by atoms with Crippen molar-refractivity contribution in [2.45, 2.75) is 71.1 Å². The van der Waals surface area contributed by atoms with Crippen molar-refractivity contribution in [3.05, 3.63) is 59.5 Å². The molecular weight excluding hydrogens is 324 g/mol. The third kappa shape index (κ3) is 5.21. The Labute approximate surface area is 156 Å². The van der Waals surface area contributed by atoms with Crippen molar-refractivity contribution in [2.75, 3.05) is 0 Å². The number of nitrogens with zero attached hydrogens (tertiary/aromatic N) is 1. The standard InChI is InChI=1S/C22H30N2O2/c1-17(2)24(15-18-9-5-3-6-10-18)16-20-13-14-21(26-20)22(25)23-19-11-7-4-8-12-19/h3,5-6,9-10,13-14,17,19H,4,7-8,11-12,15-16H2,1-2H3,(H,23,25). The Kier molecular flexibility index (Phi) is 6.51. The first-order valence-corrected chi connectivity index (χ1v) is 9.79. The lowest BCUT2D eigenvalue weighted by Crippen LogP contribution is -2.36. The van der Waals surface area contributed by atoms with Crippen LogP contribution >= 0.6 is 0 Å². The summed E-state index contributed by atoms with van der Waals surface area (Å²) >= 11 is 0. The Hall–Kier alpha value is -2.07. The summed E-state index contributed by atoms with van der Waals surface area (Å²) in [5, 5.41) is 3.12. The molecule has 1 aromatic carbocycles. The van der Waals surface area contributed by atoms with Gasteiger partial charge in [0.2, 0.25) is 0 Å². The topological polar surface area (TPSA) is 45.5 Å². The molecule has 1 fully saturated rings. The van der Waals surface area contributed by atoms with Gasteiger partial charge in [0.15, 0.2) is 5.76 Å². The van der Waals surface area contributed by atoms with Gasteiger partial charge in [0, 0.05) is 18.6 Å². The summed E-state index contributed by atoms with van der Waals surface area (Å²) in [6.07, 6.45) is 5.85. The van der Waals surface area contributed by atoms with E-state index in [1.54, 1.807) is 6.07 Å². The Bertz CT molecular complexity index is 687. The van der Waals surface area contributed by atoms with Crippen molar-refractivity contribution in [3.8, 4) is 0 Å². The number of carbonyl (C=O) groups is 1. The van der Waals surface area contributed by atoms with Gasteiger partial charge in [-0.25, -0.2) is 0 Å². The normalized spacial score (nSPS) is 15.5. The van der Waals surface area contributed by atoms with Gasteiger partial charge in [-0.2, -0.15) is 0 Å². The molecule has 0 saturated heterocycles. The molecule has 4 heteroatoms. The minimum atomic E-state index is -0.0812. The molecule has 140 valence electrons. The van der Waals surface area contributed by atoms with E-state index in [-0.39, 0.29) is 5.91 Å². The Morgan fingerprint density at radius 3 is 2.50 bits per heavy atom. The van der Waals surface area contributed by atoms with Crippen molar-refractivity contribution in [2.24, 2.45) is 0 Å². The van der Waals surface area contributed by atoms with Gasteiger partial charge in [-0.05, 0) is 44.4 Å². The summed E-state index contributed by atoms with van der Waals surface area (Å²) in [4.78, 5) is 14.8. The van der Waals surface area contributed by atoms with E-state index in [0.29, 0.717) is 24.4 Å². The van der Waals surface area contributed by atoms with Crippen molar-refractivity contribution in [1.29, 1.82) is 0 Å². The highest BCUT2D eigenvalue weighted by Crippen LogP contribution is 2.19. The second kappa shape index (κ2) is 9.04. The zero-order valence-electron chi connectivity index (χ0n) is 15.9. The number of amides is 1. The molecule has 1 heterocycles. The lowest BCUT2D eigenvalue weighted by molar-refractivity contribution is 0.0894. The first-order chi connectivity index (χ1) is 12.6. The number of hydrogen-bond acceptors (Lipinski definition) is 3. The average Bonchev–Trinajstić information content (AvgIpc) is 3.12. The van der Waals surface area contributed by atoms with Crippen LogP contribution in [0.1, 0.15) is 67.8 Å². The Balaban J connectivity index is 1.59. The van der Waals surface area contributed by atoms with Crippen LogP contribution in [0, 0.1) is 0 Å². The molecule has 0 atom stereocenters. The lowest BCUT2D eigenvalue weighted by atomic mass is 9.95. The predicted molar refractivity (Wildman–Crippen MR) is 104 cm³/mol. The molecule has 1 aliphatic carbocycles. The number of carbonyl (C=O) groups excluding carboxylic acids is 1. The maximum Gasteiger partial charge on any atom is 0.287 e. The zero-order valence-corrected chi connectivity index (χ0v) is 15.9. The van der Waals surface area contributed by atoms with Crippen LogP contribution in [-0.4, -0.2) is 22.9 Å². The van der Waals surface area contributed by atoms with Gasteiger partial charge in [0.05, 0.1) is 6.54 Å². The minimum Gasteiger partial charge on any atom is -0.455 e. The van der Waals surface area contributed by atoms with Gasteiger partial charge >= 0.3 is 0 Å². The van der Waals surface area contributed by atoms with Crippen LogP contribution in [-0.2, 0) is 13.1 Å². The van der Waals surface area contributed by atoms with Crippen molar-refractivity contribution in [3.63, 3.8) is 0 Å². The molecule has 1 aliphatic rings. The molecule has 1 N–H and O–H groups in total. The zero-order chi connectivity index (χ0) is 18.4. The number of furan rings is 1. The maximum absolute atomic E-state index is 12.4. The largest absolute Gasteiger partial charge is 0.455 e. The van der Waals surface area contributed by atoms with Crippen LogP contribution < -0.4 is 5.32 Å². The molecule has 1 aromatic heterocycles. The van der Waals surface area contributed by atoms with E-state index in [0.717, 1.165) is 25.1 Å². The fraction of sp³-hybridized carbons (Fsp3) is 0.500. The van der Waals surface area contributed by atoms with Crippen LogP contribution in [0.4, 0.5) is 0 Å². The SMILES string of the molecule is CC(C)N(Cc1ccccc1)Cc1ccc(C(=O)NC2CCCCC2)o1. The van der Waals surface area contributed by atoms with Crippen LogP contribution in [0.5, 0.6) is 0 Å². The second-order valence-electron chi connectivity index (χ2n) is 7.56. The van der Waals surface area contributed by atoms with Crippen LogP contribution in [0.15, 0.2) is 46.9 Å². The van der Waals surface area contributed by atoms with Crippen LogP contribution in [0.3, 0.4) is 0 Å². The van der Waals surface area contributed by atoms with E-state index in [2.05, 4.69) is 48.3 Å². The Morgan fingerprint density at radius 1 is 1.08 bits per heavy atom. The molecule has 3 rings (SSSR count). The number of rotatable bonds is 7. The molecule has 0 spiro atoms. The highest BCUT2D eigenvalue weighted by atomic mass is 16.4. The fourth-order valence-electron chi connectivity index (χ4n) is 3.53. The Morgan fingerprint density at radius 2 is 1.81 bits per heavy atom. The van der Waals surface area contributed by atoms with Gasteiger partial charge in [0.25, 0.3) is 5.91 Å². The molecule has 0 aliphatic heterocycles. The summed E-state index contributed by atoms with van der Waals surface area (Å²) in [6, 6.07) is 14.9. The molecule has 0 unspecified atom stereocenters. The van der Waals surface area contributed by atoms with Gasteiger partial charge in [-0.1, -0.05) is 49.6 Å². The fourth-order valence-corrected chi connectivity index (χ4v) is 3.53. The van der Waals surface area contributed by atoms with Gasteiger partial charge in [0.1, 0.15) is 5.76 Å². The molecule has 2 aromatic rings. The summed E-state index contributed by atoms with van der Waals surface area (Å²) in [5.41, 5.74) is 1.28. The third-order valence-electron chi connectivity index (χ3n) is 5.14. The van der Waals surface area contributed by atoms with Crippen molar-refractivity contribution in [1.82, 2.24) is 10.2 Å². The molecule has 0 radical (unpaired) electrons. The molecule has 4 nitrogen and oxygen atoms in total. The van der Waals surface area contributed by atoms with Crippen molar-refractivity contribution >= 4 is 5.91 Å². The lowest BCUT2D eigenvalue weighted by Gasteiger charge is -2.25. The first kappa shape index (κ1) is 18.7. The van der Waals surface area contributed by atoms with E-state index < -0.39 is 0 Å². The van der Waals surface area contributed by atoms with Crippen LogP contribution in [0.2, 0.25) is 0 Å². The van der Waals surface area contributed by atoms with Gasteiger partial charge in [-0.3, -0.25) is 9.69 Å². The predicted octanol–water partition coefficient (Wildman–Crippen LogP) is 4.75. The van der Waals surface area contributed by atoms with E-state index in [1.165, 1.54) is 24.8 Å². The second-order valence-corrected chi connectivity index (χ2v) is 7.56. The summed E-state index contributed by atoms with van der Waals surface area (Å²) < 4.78 is 5.85. The first-order valence-electron chi connectivity index (χ1n) is 9.79. The van der Waals surface area contributed by atoms with E-state index in [4.69, 9.17) is 4.42 Å². The molecular formula is C22H30N2O2. The van der Waals surface area contributed by atoms with E-state index >= 15 is 0 Å². The van der Waals surface area contributed by atoms with Crippen LogP contribution in [0.25, 0.3) is 0 Å². The third-order valence-corrected chi connectivity index (χ3v) is 5.14. The number of hydrogen-bond donors (Lipinski definition) is 1. The minimum absolute atomic E-state index is 0.0812. The molecule has 1 amide bonds. The summed E-state index contributed by atoms with van der Waals surface area (Å²) in [7, 11) is 0. The number of benzene rings is 1. The highest BCUT2D eigenvalue weighted by molar-refractivity contribution is 5.91. The van der Waals surface area contributed by atoms with Gasteiger partial charge < -0.3 is 9.73 Å². The van der Waals surface area contributed by atoms with Crippen molar-refractivity contribution < 1.29 is 9.21 Å². The smallest absolute Gasteiger partial charge is 0.287 e. The summed E-state index contributed by atoms with van der Waals surface area (Å²) in [5.74, 6) is 1.18. The highest BCUT2D eigenvalue weighted by Gasteiger charge is 2.20. The molecule has 0 bridgehead atoms. The van der Waals surface area contributed by atoms with E-state index in [1.807, 2.05) is 12.1 Å². The molecule has 1 saturated carbocycles. The summed E-state index contributed by atoms with van der Waals surface area (Å²) in [6.45, 7) is 5.93. The monoisotopic (exact) mass is 354 g/mol. The average molecular weight is 354 g/mol. The maximum atomic E-state index is 12.4. The quantitative estimate of drug-likeness (QED) is 0.780. The number of nitrogens with one attached hydrogen (secondary N) is 1. The van der Waals surface area contributed by atoms with E-state index in [9.17, 15) is 4.79 Å². The van der Waals surface area contributed by atoms with Gasteiger partial charge in [-0.15, -0.1) is 0 Å².